The van der Waals surface area contributed by atoms with Gasteiger partial charge in [-0.05, 0) is 42.7 Å². The Morgan fingerprint density at radius 3 is 2.92 bits per heavy atom. The minimum absolute atomic E-state index is 0.106. The molecular weight excluding hydrogens is 326 g/mol. The molecular formula is C17H18ClN5O. The summed E-state index contributed by atoms with van der Waals surface area (Å²) in [6.07, 6.45) is 2.23. The van der Waals surface area contributed by atoms with Crippen LogP contribution in [-0.4, -0.2) is 33.5 Å². The van der Waals surface area contributed by atoms with Crippen molar-refractivity contribution < 1.29 is 4.74 Å². The van der Waals surface area contributed by atoms with Crippen LogP contribution >= 0.6 is 11.6 Å². The van der Waals surface area contributed by atoms with E-state index in [-0.39, 0.29) is 6.10 Å². The van der Waals surface area contributed by atoms with Gasteiger partial charge < -0.3 is 10.1 Å². The molecule has 0 aliphatic heterocycles. The van der Waals surface area contributed by atoms with E-state index < -0.39 is 0 Å². The topological polar surface area (TPSA) is 64.3 Å². The maximum atomic E-state index is 6.06. The molecule has 2 heterocycles. The molecule has 0 unspecified atom stereocenters. The summed E-state index contributed by atoms with van der Waals surface area (Å²) in [7, 11) is 1.69. The van der Waals surface area contributed by atoms with Crippen LogP contribution in [-0.2, 0) is 4.74 Å². The van der Waals surface area contributed by atoms with E-state index in [1.807, 2.05) is 40.9 Å². The molecule has 0 radical (unpaired) electrons. The largest absolute Gasteiger partial charge is 0.375 e. The quantitative estimate of drug-likeness (QED) is 0.742. The molecule has 4 rings (SSSR count). The van der Waals surface area contributed by atoms with Crippen LogP contribution in [0.25, 0.3) is 5.65 Å². The second-order valence-corrected chi connectivity index (χ2v) is 6.42. The Balaban J connectivity index is 1.52. The highest BCUT2D eigenvalue weighted by Gasteiger charge is 2.29. The van der Waals surface area contributed by atoms with Gasteiger partial charge in [0.25, 0.3) is 0 Å². The van der Waals surface area contributed by atoms with Gasteiger partial charge in [-0.2, -0.15) is 4.52 Å². The molecule has 1 atom stereocenters. The highest BCUT2D eigenvalue weighted by molar-refractivity contribution is 6.30. The van der Waals surface area contributed by atoms with Crippen molar-refractivity contribution >= 4 is 23.1 Å². The molecule has 6 nitrogen and oxygen atoms in total. The van der Waals surface area contributed by atoms with Crippen molar-refractivity contribution in [3.05, 3.63) is 52.8 Å². The Bertz CT molecular complexity index is 861. The number of fused-ring (bicyclic) bond motifs is 1. The van der Waals surface area contributed by atoms with Crippen molar-refractivity contribution in [3.63, 3.8) is 0 Å². The van der Waals surface area contributed by atoms with E-state index in [0.717, 1.165) is 22.9 Å². The van der Waals surface area contributed by atoms with E-state index in [0.29, 0.717) is 17.5 Å². The average molecular weight is 344 g/mol. The second-order valence-electron chi connectivity index (χ2n) is 5.98. The number of anilines is 1. The van der Waals surface area contributed by atoms with Gasteiger partial charge in [-0.15, -0.1) is 15.3 Å². The van der Waals surface area contributed by atoms with Gasteiger partial charge in [0.15, 0.2) is 11.5 Å². The number of ether oxygens (including phenoxy) is 1. The van der Waals surface area contributed by atoms with Crippen molar-refractivity contribution in [2.24, 2.45) is 0 Å². The molecule has 1 aliphatic rings. The summed E-state index contributed by atoms with van der Waals surface area (Å²) in [4.78, 5) is 0. The number of hydrogen-bond acceptors (Lipinski definition) is 5. The Morgan fingerprint density at radius 1 is 1.29 bits per heavy atom. The zero-order valence-electron chi connectivity index (χ0n) is 13.3. The van der Waals surface area contributed by atoms with Gasteiger partial charge in [-0.1, -0.05) is 23.7 Å². The molecule has 1 N–H and O–H groups in total. The predicted molar refractivity (Wildman–Crippen MR) is 92.4 cm³/mol. The van der Waals surface area contributed by atoms with Gasteiger partial charge in [0.1, 0.15) is 5.82 Å². The Kier molecular flexibility index (Phi) is 4.08. The molecule has 1 aromatic carbocycles. The number of aromatic nitrogens is 4. The lowest BCUT2D eigenvalue weighted by atomic mass is 10.1. The smallest absolute Gasteiger partial charge is 0.178 e. The number of nitrogens with one attached hydrogen (secondary N) is 1. The molecule has 1 aliphatic carbocycles. The predicted octanol–water partition coefficient (Wildman–Crippen LogP) is 3.45. The van der Waals surface area contributed by atoms with E-state index in [2.05, 4.69) is 20.6 Å². The fourth-order valence-corrected chi connectivity index (χ4v) is 2.94. The van der Waals surface area contributed by atoms with Crippen LogP contribution in [0, 0.1) is 0 Å². The van der Waals surface area contributed by atoms with Crippen molar-refractivity contribution in [2.75, 3.05) is 19.0 Å². The Morgan fingerprint density at radius 2 is 2.17 bits per heavy atom. The molecule has 1 saturated carbocycles. The van der Waals surface area contributed by atoms with Crippen LogP contribution in [0.1, 0.15) is 36.3 Å². The highest BCUT2D eigenvalue weighted by Crippen LogP contribution is 2.38. The van der Waals surface area contributed by atoms with Crippen molar-refractivity contribution in [1.82, 2.24) is 19.8 Å². The van der Waals surface area contributed by atoms with Gasteiger partial charge in [0.2, 0.25) is 0 Å². The van der Waals surface area contributed by atoms with E-state index in [1.165, 1.54) is 12.8 Å². The first-order valence-corrected chi connectivity index (χ1v) is 8.37. The summed E-state index contributed by atoms with van der Waals surface area (Å²) in [5.41, 5.74) is 1.81. The van der Waals surface area contributed by atoms with E-state index in [9.17, 15) is 0 Å². The van der Waals surface area contributed by atoms with Gasteiger partial charge in [0.05, 0.1) is 6.10 Å². The summed E-state index contributed by atoms with van der Waals surface area (Å²) in [6, 6.07) is 11.5. The van der Waals surface area contributed by atoms with Crippen LogP contribution in [0.5, 0.6) is 0 Å². The third-order valence-corrected chi connectivity index (χ3v) is 4.44. The Labute approximate surface area is 144 Å². The zero-order chi connectivity index (χ0) is 16.5. The molecule has 0 amide bonds. The molecule has 1 fully saturated rings. The molecule has 0 saturated heterocycles. The molecule has 7 heteroatoms. The average Bonchev–Trinajstić information content (AvgIpc) is 3.35. The normalized spacial score (nSPS) is 15.6. The maximum Gasteiger partial charge on any atom is 0.178 e. The lowest BCUT2D eigenvalue weighted by molar-refractivity contribution is 0.114. The van der Waals surface area contributed by atoms with Crippen molar-refractivity contribution in [2.45, 2.75) is 24.9 Å². The van der Waals surface area contributed by atoms with Gasteiger partial charge in [-0.3, -0.25) is 0 Å². The van der Waals surface area contributed by atoms with E-state index >= 15 is 0 Å². The number of nitrogens with zero attached hydrogens (tertiary/aromatic N) is 4. The highest BCUT2D eigenvalue weighted by atomic mass is 35.5. The number of rotatable bonds is 6. The van der Waals surface area contributed by atoms with E-state index in [4.69, 9.17) is 16.3 Å². The van der Waals surface area contributed by atoms with Crippen LogP contribution in [0.4, 0.5) is 5.82 Å². The summed E-state index contributed by atoms with van der Waals surface area (Å²) >= 11 is 6.06. The fraction of sp³-hybridized carbons (Fsp3) is 0.353. The summed E-state index contributed by atoms with van der Waals surface area (Å²) < 4.78 is 7.41. The van der Waals surface area contributed by atoms with Crippen LogP contribution < -0.4 is 5.32 Å². The molecule has 0 bridgehead atoms. The first kappa shape index (κ1) is 15.4. The van der Waals surface area contributed by atoms with Crippen LogP contribution in [0.3, 0.4) is 0 Å². The maximum absolute atomic E-state index is 6.06. The van der Waals surface area contributed by atoms with Crippen LogP contribution in [0.15, 0.2) is 36.4 Å². The summed E-state index contributed by atoms with van der Waals surface area (Å²) in [5, 5.41) is 17.1. The third kappa shape index (κ3) is 3.07. The zero-order valence-corrected chi connectivity index (χ0v) is 14.1. The molecule has 0 spiro atoms. The van der Waals surface area contributed by atoms with Crippen LogP contribution in [0.2, 0.25) is 5.02 Å². The van der Waals surface area contributed by atoms with Crippen molar-refractivity contribution in [1.29, 1.82) is 0 Å². The summed E-state index contributed by atoms with van der Waals surface area (Å²) in [5.74, 6) is 2.22. The fourth-order valence-electron chi connectivity index (χ4n) is 2.74. The first-order valence-electron chi connectivity index (χ1n) is 7.99. The lowest BCUT2D eigenvalue weighted by Crippen LogP contribution is -2.16. The van der Waals surface area contributed by atoms with Crippen molar-refractivity contribution in [3.8, 4) is 0 Å². The number of halogens is 1. The van der Waals surface area contributed by atoms with Gasteiger partial charge >= 0.3 is 0 Å². The standard InChI is InChI=1S/C17H18ClN5O/c1-24-14(12-3-2-4-13(18)9-12)10-19-15-7-8-16-20-21-17(11-5-6-11)23(16)22-15/h2-4,7-9,11,14H,5-6,10H2,1H3,(H,19,22)/t14-/m1/s1. The molecule has 2 aromatic heterocycles. The third-order valence-electron chi connectivity index (χ3n) is 4.20. The SMILES string of the molecule is CO[C@H](CNc1ccc2nnc(C3CC3)n2n1)c1cccc(Cl)c1. The number of methoxy groups -OCH3 is 1. The number of hydrogen-bond donors (Lipinski definition) is 1. The van der Waals surface area contributed by atoms with Gasteiger partial charge in [-0.25, -0.2) is 0 Å². The number of benzene rings is 1. The second kappa shape index (κ2) is 6.37. The van der Waals surface area contributed by atoms with E-state index in [1.54, 1.807) is 7.11 Å². The molecule has 124 valence electrons. The minimum atomic E-state index is -0.106. The molecule has 24 heavy (non-hydrogen) atoms. The lowest BCUT2D eigenvalue weighted by Gasteiger charge is -2.17. The van der Waals surface area contributed by atoms with Gasteiger partial charge in [0, 0.05) is 24.6 Å². The minimum Gasteiger partial charge on any atom is -0.375 e. The monoisotopic (exact) mass is 343 g/mol. The Hall–Kier alpha value is -2.18. The molecule has 3 aromatic rings. The summed E-state index contributed by atoms with van der Waals surface area (Å²) in [6.45, 7) is 0.593. The first-order chi connectivity index (χ1) is 11.7.